The van der Waals surface area contributed by atoms with Gasteiger partial charge in [-0.25, -0.2) is 16.8 Å². The molecule has 0 saturated heterocycles. The third kappa shape index (κ3) is 9.19. The zero-order chi connectivity index (χ0) is 37.5. The second-order valence-corrected chi connectivity index (χ2v) is 16.2. The Hall–Kier alpha value is -4.48. The Morgan fingerprint density at radius 1 is 0.500 bits per heavy atom. The lowest BCUT2D eigenvalue weighted by atomic mass is 10.1. The van der Waals surface area contributed by atoms with Gasteiger partial charge in [-0.1, -0.05) is 36.4 Å². The lowest BCUT2D eigenvalue weighted by Crippen LogP contribution is -2.15. The van der Waals surface area contributed by atoms with Gasteiger partial charge in [-0.3, -0.25) is 18.5 Å². The average molecular weight is 787 g/mol. The number of nitrogens with one attached hydrogen (secondary N) is 2. The number of hydrogen-bond donors (Lipinski definition) is 4. The van der Waals surface area contributed by atoms with Crippen molar-refractivity contribution < 1.29 is 69.1 Å². The normalized spacial score (nSPS) is 13.4. The zero-order valence-electron chi connectivity index (χ0n) is 24.3. The number of hydrogen-bond acceptors (Lipinski definition) is 8. The maximum absolute atomic E-state index is 13.1. The summed E-state index contributed by atoms with van der Waals surface area (Å²) in [6.07, 6.45) is -7.98. The van der Waals surface area contributed by atoms with Crippen LogP contribution in [0.25, 0.3) is 12.2 Å². The highest BCUT2D eigenvalue weighted by Gasteiger charge is 2.33. The van der Waals surface area contributed by atoms with Crippen molar-refractivity contribution in [2.75, 3.05) is 9.44 Å². The van der Waals surface area contributed by atoms with E-state index in [1.54, 1.807) is 0 Å². The van der Waals surface area contributed by atoms with Crippen LogP contribution in [0.3, 0.4) is 0 Å². The van der Waals surface area contributed by atoms with E-state index in [1.807, 2.05) is 9.44 Å². The zero-order valence-corrected chi connectivity index (χ0v) is 27.6. The highest BCUT2D eigenvalue weighted by Crippen LogP contribution is 2.33. The van der Waals surface area contributed by atoms with E-state index in [4.69, 9.17) is 0 Å². The van der Waals surface area contributed by atoms with Gasteiger partial charge in [0.15, 0.2) is 0 Å². The van der Waals surface area contributed by atoms with Gasteiger partial charge in [0.25, 0.3) is 40.3 Å². The fourth-order valence-corrected chi connectivity index (χ4v) is 7.81. The van der Waals surface area contributed by atoms with Gasteiger partial charge in [-0.2, -0.15) is 43.2 Å². The van der Waals surface area contributed by atoms with E-state index in [0.29, 0.717) is 36.4 Å². The van der Waals surface area contributed by atoms with Crippen molar-refractivity contribution in [1.29, 1.82) is 0 Å². The van der Waals surface area contributed by atoms with Crippen LogP contribution in [0.15, 0.2) is 105 Å². The van der Waals surface area contributed by atoms with E-state index in [2.05, 4.69) is 0 Å². The first-order valence-corrected chi connectivity index (χ1v) is 18.9. The Kier molecular flexibility index (Phi) is 10.2. The summed E-state index contributed by atoms with van der Waals surface area (Å²) in [5.41, 5.74) is -4.42. The summed E-state index contributed by atoms with van der Waals surface area (Å²) in [6, 6.07) is 10.2. The molecule has 12 nitrogen and oxygen atoms in total. The van der Waals surface area contributed by atoms with Crippen LogP contribution in [0, 0.1) is 0 Å². The molecule has 0 atom stereocenters. The Balaban J connectivity index is 1.68. The van der Waals surface area contributed by atoms with Gasteiger partial charge in [-0.05, 0) is 71.8 Å². The molecule has 0 radical (unpaired) electrons. The fourth-order valence-electron chi connectivity index (χ4n) is 4.20. The number of anilines is 2. The maximum atomic E-state index is 13.1. The van der Waals surface area contributed by atoms with E-state index in [1.165, 1.54) is 0 Å². The third-order valence-electron chi connectivity index (χ3n) is 6.47. The van der Waals surface area contributed by atoms with Crippen molar-refractivity contribution in [1.82, 2.24) is 0 Å². The Morgan fingerprint density at radius 3 is 1.14 bits per heavy atom. The lowest BCUT2D eigenvalue weighted by Gasteiger charge is -2.13. The molecule has 4 rings (SSSR count). The van der Waals surface area contributed by atoms with Crippen LogP contribution < -0.4 is 9.44 Å². The lowest BCUT2D eigenvalue weighted by molar-refractivity contribution is -0.138. The highest BCUT2D eigenvalue weighted by atomic mass is 32.2. The van der Waals surface area contributed by atoms with Crippen molar-refractivity contribution in [3.05, 3.63) is 107 Å². The quantitative estimate of drug-likeness (QED) is 0.0841. The van der Waals surface area contributed by atoms with Crippen molar-refractivity contribution >= 4 is 63.8 Å². The molecule has 0 aliphatic rings. The topological polar surface area (TPSA) is 201 Å². The van der Waals surface area contributed by atoms with E-state index in [-0.39, 0.29) is 0 Å². The molecule has 0 aliphatic carbocycles. The van der Waals surface area contributed by atoms with Gasteiger partial charge in [0.05, 0.1) is 32.3 Å². The molecule has 22 heteroatoms. The van der Waals surface area contributed by atoms with Gasteiger partial charge < -0.3 is 0 Å². The van der Waals surface area contributed by atoms with Crippen LogP contribution in [-0.4, -0.2) is 42.8 Å². The number of rotatable bonds is 10. The van der Waals surface area contributed by atoms with Crippen LogP contribution >= 0.6 is 0 Å². The molecule has 50 heavy (non-hydrogen) atoms. The Morgan fingerprint density at radius 2 is 0.840 bits per heavy atom. The van der Waals surface area contributed by atoms with Gasteiger partial charge in [-0.15, -0.1) is 0 Å². The van der Waals surface area contributed by atoms with E-state index in [9.17, 15) is 69.1 Å². The first kappa shape index (κ1) is 38.3. The summed E-state index contributed by atoms with van der Waals surface area (Å²) in [5, 5.41) is 0. The summed E-state index contributed by atoms with van der Waals surface area (Å²) in [4.78, 5) is -3.58. The summed E-state index contributed by atoms with van der Waals surface area (Å²) in [6.45, 7) is 0. The van der Waals surface area contributed by atoms with E-state index in [0.717, 1.165) is 60.7 Å². The third-order valence-corrected chi connectivity index (χ3v) is 11.0. The molecule has 0 aromatic heterocycles. The van der Waals surface area contributed by atoms with Crippen LogP contribution in [-0.2, 0) is 52.6 Å². The second-order valence-electron chi connectivity index (χ2n) is 10.1. The predicted octanol–water partition coefficient (Wildman–Crippen LogP) is 5.99. The molecule has 0 heterocycles. The second kappa shape index (κ2) is 13.3. The smallest absolute Gasteiger partial charge is 0.282 e. The van der Waals surface area contributed by atoms with Crippen LogP contribution in [0.5, 0.6) is 0 Å². The van der Waals surface area contributed by atoms with Gasteiger partial charge >= 0.3 is 12.4 Å². The Bertz CT molecular complexity index is 2280. The van der Waals surface area contributed by atoms with Crippen molar-refractivity contribution in [3.63, 3.8) is 0 Å². The monoisotopic (exact) mass is 786 g/mol. The van der Waals surface area contributed by atoms with Crippen LogP contribution in [0.4, 0.5) is 37.7 Å². The molecular formula is C28H20F6N2O10S4. The van der Waals surface area contributed by atoms with E-state index >= 15 is 0 Å². The molecule has 0 unspecified atom stereocenters. The standard InChI is InChI=1S/C28H20F6N2O10S4/c29-27(30,31)19-3-1-5-23(13-19)47(37,38)35-21-11-9-17(25(15-21)49(41,42)43)7-8-18-10-12-22(16-26(18)50(44,45)46)36-48(39,40)24-6-2-4-20(14-24)28(32,33)34/h1-16,35-36H,(H,41,42,43)(H,44,45,46). The van der Waals surface area contributed by atoms with Gasteiger partial charge in [0.2, 0.25) is 0 Å². The van der Waals surface area contributed by atoms with E-state index < -0.39 is 106 Å². The van der Waals surface area contributed by atoms with Crippen molar-refractivity contribution in [2.45, 2.75) is 31.9 Å². The maximum Gasteiger partial charge on any atom is 0.416 e. The molecule has 0 aliphatic heterocycles. The SMILES string of the molecule is O=S(=O)(O)c1cc(NS(=O)(=O)c2cccc(C(F)(F)F)c2)ccc1C=Cc1ccc(NS(=O)(=O)c2cccc(C(F)(F)F)c2)cc1S(=O)(=O)O. The average Bonchev–Trinajstić information content (AvgIpc) is 2.99. The predicted molar refractivity (Wildman–Crippen MR) is 166 cm³/mol. The minimum atomic E-state index is -5.16. The number of halogens is 6. The Labute approximate surface area is 280 Å². The fraction of sp³-hybridized carbons (Fsp3) is 0.0714. The number of sulfonamides is 2. The molecule has 268 valence electrons. The van der Waals surface area contributed by atoms with Crippen molar-refractivity contribution in [3.8, 4) is 0 Å². The molecule has 4 aromatic carbocycles. The molecule has 0 fully saturated rings. The summed E-state index contributed by atoms with van der Waals surface area (Å²) in [5.74, 6) is 0. The molecule has 0 spiro atoms. The largest absolute Gasteiger partial charge is 0.416 e. The molecule has 0 saturated carbocycles. The summed E-state index contributed by atoms with van der Waals surface area (Å²) < 4.78 is 201. The first-order valence-electron chi connectivity index (χ1n) is 13.1. The van der Waals surface area contributed by atoms with Crippen molar-refractivity contribution in [2.24, 2.45) is 0 Å². The highest BCUT2D eigenvalue weighted by molar-refractivity contribution is 7.93. The van der Waals surface area contributed by atoms with Gasteiger partial charge in [0, 0.05) is 0 Å². The number of alkyl halides is 6. The molecular weight excluding hydrogens is 767 g/mol. The molecule has 0 bridgehead atoms. The van der Waals surface area contributed by atoms with Crippen LogP contribution in [0.2, 0.25) is 0 Å². The molecule has 4 N–H and O–H groups in total. The first-order chi connectivity index (χ1) is 22.8. The van der Waals surface area contributed by atoms with Crippen LogP contribution in [0.1, 0.15) is 22.3 Å². The summed E-state index contributed by atoms with van der Waals surface area (Å²) in [7, 11) is -19.8. The minimum Gasteiger partial charge on any atom is -0.282 e. The summed E-state index contributed by atoms with van der Waals surface area (Å²) >= 11 is 0. The minimum absolute atomic E-state index is 0.331. The number of benzene rings is 4. The molecule has 4 aromatic rings. The molecule has 0 amide bonds. The van der Waals surface area contributed by atoms with Gasteiger partial charge in [0.1, 0.15) is 9.79 Å².